The summed E-state index contributed by atoms with van der Waals surface area (Å²) in [4.78, 5) is 20.5. The van der Waals surface area contributed by atoms with Crippen molar-refractivity contribution >= 4 is 11.9 Å². The molecule has 23 heavy (non-hydrogen) atoms. The molecule has 0 fully saturated rings. The van der Waals surface area contributed by atoms with Gasteiger partial charge in [-0.05, 0) is 33.9 Å². The predicted molar refractivity (Wildman–Crippen MR) is 85.8 cm³/mol. The minimum absolute atomic E-state index is 0.0144. The van der Waals surface area contributed by atoms with Gasteiger partial charge >= 0.3 is 11.9 Å². The number of likely N-dealkylation sites (N-methyl/N-ethyl adjacent to an activating group) is 1. The topological polar surface area (TPSA) is 105 Å². The lowest BCUT2D eigenvalue weighted by Gasteiger charge is -2.19. The number of hydrogen-bond acceptors (Lipinski definition) is 5. The molecule has 1 aromatic rings. The van der Waals surface area contributed by atoms with Gasteiger partial charge in [0, 0.05) is 18.8 Å². The molecular weight excluding hydrogens is 302 g/mol. The minimum atomic E-state index is -1.82. The molecule has 0 aliphatic rings. The van der Waals surface area contributed by atoms with E-state index in [-0.39, 0.29) is 5.54 Å². The van der Waals surface area contributed by atoms with Gasteiger partial charge in [-0.2, -0.15) is 0 Å². The van der Waals surface area contributed by atoms with Crippen LogP contribution < -0.4 is 4.74 Å². The lowest BCUT2D eigenvalue weighted by Crippen LogP contribution is -2.28. The number of rotatable bonds is 6. The zero-order chi connectivity index (χ0) is 18.0. The predicted octanol–water partition coefficient (Wildman–Crippen LogP) is 1.51. The van der Waals surface area contributed by atoms with E-state index in [1.165, 1.54) is 0 Å². The van der Waals surface area contributed by atoms with Crippen molar-refractivity contribution in [3.8, 4) is 5.88 Å². The summed E-state index contributed by atoms with van der Waals surface area (Å²) in [6, 6.07) is 1.92. The first-order chi connectivity index (χ1) is 10.6. The van der Waals surface area contributed by atoms with Crippen LogP contribution in [0.5, 0.6) is 5.88 Å². The van der Waals surface area contributed by atoms with Gasteiger partial charge in [0.25, 0.3) is 0 Å². The molecule has 1 aromatic heterocycles. The van der Waals surface area contributed by atoms with E-state index in [9.17, 15) is 0 Å². The van der Waals surface area contributed by atoms with Gasteiger partial charge in [0.05, 0.1) is 5.54 Å². The number of carboxylic acids is 2. The molecule has 1 heterocycles. The van der Waals surface area contributed by atoms with E-state index in [4.69, 9.17) is 24.5 Å². The van der Waals surface area contributed by atoms with E-state index >= 15 is 0 Å². The monoisotopic (exact) mass is 329 g/mol. The van der Waals surface area contributed by atoms with E-state index in [0.717, 1.165) is 19.6 Å². The largest absolute Gasteiger partial charge is 0.475 e. The quantitative estimate of drug-likeness (QED) is 0.762. The summed E-state index contributed by atoms with van der Waals surface area (Å²) in [6.07, 6.45) is 1.97. The second kappa shape index (κ2) is 9.83. The van der Waals surface area contributed by atoms with Crippen LogP contribution in [0, 0.1) is 0 Å². The van der Waals surface area contributed by atoms with E-state index in [0.29, 0.717) is 12.5 Å². The number of ether oxygens (including phenoxy) is 1. The molecule has 0 saturated carbocycles. The lowest BCUT2D eigenvalue weighted by atomic mass is 10.1. The Hall–Kier alpha value is -2.09. The van der Waals surface area contributed by atoms with Crippen LogP contribution in [0.15, 0.2) is 12.3 Å². The van der Waals surface area contributed by atoms with Crippen molar-refractivity contribution in [1.82, 2.24) is 14.7 Å². The molecule has 2 N–H and O–H groups in total. The van der Waals surface area contributed by atoms with Gasteiger partial charge in [0.15, 0.2) is 0 Å². The van der Waals surface area contributed by atoms with Gasteiger partial charge in [0.1, 0.15) is 6.61 Å². The van der Waals surface area contributed by atoms with Crippen LogP contribution in [0.2, 0.25) is 0 Å². The number of carboxylic acid groups (broad SMARTS) is 2. The van der Waals surface area contributed by atoms with E-state index < -0.39 is 11.9 Å². The van der Waals surface area contributed by atoms with Crippen LogP contribution in [0.3, 0.4) is 0 Å². The molecule has 0 radical (unpaired) electrons. The maximum Gasteiger partial charge on any atom is 0.414 e. The normalized spacial score (nSPS) is 10.9. The Bertz CT molecular complexity index is 478. The minimum Gasteiger partial charge on any atom is -0.475 e. The Balaban J connectivity index is 0.000000688. The molecular formula is C15H27N3O5. The molecule has 0 atom stereocenters. The number of nitrogens with zero attached hydrogens (tertiary/aromatic N) is 3. The van der Waals surface area contributed by atoms with Crippen LogP contribution in [-0.4, -0.2) is 63.1 Å². The van der Waals surface area contributed by atoms with Crippen molar-refractivity contribution < 1.29 is 24.5 Å². The summed E-state index contributed by atoms with van der Waals surface area (Å²) in [6.45, 7) is 14.5. The molecule has 0 bridgehead atoms. The van der Waals surface area contributed by atoms with E-state index in [1.54, 1.807) is 0 Å². The summed E-state index contributed by atoms with van der Waals surface area (Å²) >= 11 is 0. The highest BCUT2D eigenvalue weighted by Crippen LogP contribution is 2.15. The van der Waals surface area contributed by atoms with Crippen LogP contribution in [0.1, 0.15) is 34.6 Å². The third-order valence-corrected chi connectivity index (χ3v) is 2.99. The van der Waals surface area contributed by atoms with Crippen LogP contribution in [0.25, 0.3) is 0 Å². The number of carbonyl (C=O) groups is 2. The number of aromatic nitrogens is 2. The first-order valence-electron chi connectivity index (χ1n) is 7.49. The lowest BCUT2D eigenvalue weighted by molar-refractivity contribution is -0.159. The Morgan fingerprint density at radius 1 is 1.22 bits per heavy atom. The van der Waals surface area contributed by atoms with Crippen molar-refractivity contribution in [2.24, 2.45) is 0 Å². The van der Waals surface area contributed by atoms with Crippen molar-refractivity contribution in [3.63, 3.8) is 0 Å². The highest BCUT2D eigenvalue weighted by molar-refractivity contribution is 6.27. The molecule has 0 spiro atoms. The van der Waals surface area contributed by atoms with Gasteiger partial charge < -0.3 is 19.8 Å². The van der Waals surface area contributed by atoms with E-state index in [2.05, 4.69) is 44.6 Å². The Labute approximate surface area is 136 Å². The second-order valence-electron chi connectivity index (χ2n) is 5.76. The molecule has 0 aromatic carbocycles. The highest BCUT2D eigenvalue weighted by atomic mass is 16.5. The Morgan fingerprint density at radius 2 is 1.74 bits per heavy atom. The molecule has 1 rings (SSSR count). The maximum absolute atomic E-state index is 9.10. The second-order valence-corrected chi connectivity index (χ2v) is 5.76. The molecule has 0 saturated heterocycles. The zero-order valence-electron chi connectivity index (χ0n) is 14.4. The summed E-state index contributed by atoms with van der Waals surface area (Å²) in [5.41, 5.74) is 0.0144. The van der Waals surface area contributed by atoms with Gasteiger partial charge in [-0.3, -0.25) is 4.68 Å². The summed E-state index contributed by atoms with van der Waals surface area (Å²) in [7, 11) is 0. The molecule has 0 aliphatic heterocycles. The fraction of sp³-hybridized carbons (Fsp3) is 0.667. The van der Waals surface area contributed by atoms with Crippen LogP contribution in [-0.2, 0) is 15.1 Å². The molecule has 0 aliphatic carbocycles. The van der Waals surface area contributed by atoms with Crippen molar-refractivity contribution in [3.05, 3.63) is 12.3 Å². The van der Waals surface area contributed by atoms with Gasteiger partial charge in [-0.25, -0.2) is 9.59 Å². The summed E-state index contributed by atoms with van der Waals surface area (Å²) < 4.78 is 7.57. The molecule has 8 nitrogen and oxygen atoms in total. The maximum atomic E-state index is 9.10. The van der Waals surface area contributed by atoms with Crippen molar-refractivity contribution in [1.29, 1.82) is 0 Å². The molecule has 8 heteroatoms. The fourth-order valence-corrected chi connectivity index (χ4v) is 1.58. The number of hydrogen-bond donors (Lipinski definition) is 2. The zero-order valence-corrected chi connectivity index (χ0v) is 14.4. The summed E-state index contributed by atoms with van der Waals surface area (Å²) in [5.74, 6) is -2.93. The fourth-order valence-electron chi connectivity index (χ4n) is 1.58. The average Bonchev–Trinajstić information content (AvgIpc) is 2.93. The first-order valence-corrected chi connectivity index (χ1v) is 7.49. The van der Waals surface area contributed by atoms with E-state index in [1.807, 2.05) is 16.9 Å². The Morgan fingerprint density at radius 3 is 2.09 bits per heavy atom. The van der Waals surface area contributed by atoms with Crippen LogP contribution in [0.4, 0.5) is 0 Å². The van der Waals surface area contributed by atoms with Crippen LogP contribution >= 0.6 is 0 Å². The number of aliphatic carboxylic acids is 2. The Kier molecular flexibility index (Phi) is 8.94. The van der Waals surface area contributed by atoms with Gasteiger partial charge in [-0.1, -0.05) is 13.8 Å². The standard InChI is InChI=1S/C13H25N3O.C2H2O4/c1-6-15(7-2)10-11-17-12-8-9-16(14-12)13(3,4)5;3-1(4)2(5)6/h8-9H,6-7,10-11H2,1-5H3;(H,3,4)(H,5,6). The highest BCUT2D eigenvalue weighted by Gasteiger charge is 2.14. The molecule has 0 amide bonds. The smallest absolute Gasteiger partial charge is 0.414 e. The van der Waals surface area contributed by atoms with Gasteiger partial charge in [0.2, 0.25) is 5.88 Å². The molecule has 132 valence electrons. The third-order valence-electron chi connectivity index (χ3n) is 2.99. The average molecular weight is 329 g/mol. The SMILES string of the molecule is CCN(CC)CCOc1ccn(C(C)(C)C)n1.O=C(O)C(=O)O. The van der Waals surface area contributed by atoms with Crippen molar-refractivity contribution in [2.45, 2.75) is 40.2 Å². The summed E-state index contributed by atoms with van der Waals surface area (Å²) in [5, 5.41) is 19.2. The van der Waals surface area contributed by atoms with Gasteiger partial charge in [-0.15, -0.1) is 5.10 Å². The molecule has 0 unspecified atom stereocenters. The van der Waals surface area contributed by atoms with Crippen molar-refractivity contribution in [2.75, 3.05) is 26.2 Å². The first kappa shape index (κ1) is 20.9. The third kappa shape index (κ3) is 8.82.